The van der Waals surface area contributed by atoms with Crippen molar-refractivity contribution in [3.05, 3.63) is 29.6 Å². The number of halogens is 1. The summed E-state index contributed by atoms with van der Waals surface area (Å²) in [4.78, 5) is 10.9. The van der Waals surface area contributed by atoms with Crippen LogP contribution in [-0.2, 0) is 0 Å². The lowest BCUT2D eigenvalue weighted by Gasteiger charge is -2.08. The Bertz CT molecular complexity index is 361. The molecular formula is C11H13FO3. The average molecular weight is 212 g/mol. The van der Waals surface area contributed by atoms with Gasteiger partial charge in [-0.25, -0.2) is 4.39 Å². The van der Waals surface area contributed by atoms with Crippen LogP contribution in [0.4, 0.5) is 4.39 Å². The van der Waals surface area contributed by atoms with Crippen LogP contribution >= 0.6 is 0 Å². The number of hydrogen-bond donors (Lipinski definition) is 1. The third-order valence-corrected chi connectivity index (χ3v) is 1.81. The fourth-order valence-corrected chi connectivity index (χ4v) is 1.09. The van der Waals surface area contributed by atoms with E-state index in [0.29, 0.717) is 5.75 Å². The smallest absolute Gasteiger partial charge is 0.162 e. The largest absolute Gasteiger partial charge is 0.491 e. The number of hydrogen-bond acceptors (Lipinski definition) is 3. The van der Waals surface area contributed by atoms with E-state index in [-0.39, 0.29) is 18.0 Å². The summed E-state index contributed by atoms with van der Waals surface area (Å²) in [6, 6.07) is 4.01. The van der Waals surface area contributed by atoms with E-state index < -0.39 is 11.9 Å². The molecule has 1 aromatic rings. The van der Waals surface area contributed by atoms with Crippen molar-refractivity contribution in [3.8, 4) is 5.75 Å². The van der Waals surface area contributed by atoms with Gasteiger partial charge < -0.3 is 9.84 Å². The van der Waals surface area contributed by atoms with Gasteiger partial charge in [0.1, 0.15) is 18.2 Å². The topological polar surface area (TPSA) is 46.5 Å². The van der Waals surface area contributed by atoms with Gasteiger partial charge in [0, 0.05) is 6.07 Å². The fourth-order valence-electron chi connectivity index (χ4n) is 1.09. The number of rotatable bonds is 4. The van der Waals surface area contributed by atoms with E-state index in [1.807, 2.05) is 0 Å². The summed E-state index contributed by atoms with van der Waals surface area (Å²) >= 11 is 0. The molecule has 0 aliphatic carbocycles. The molecule has 0 aliphatic rings. The highest BCUT2D eigenvalue weighted by atomic mass is 19.1. The van der Waals surface area contributed by atoms with E-state index in [0.717, 1.165) is 6.07 Å². The Morgan fingerprint density at radius 1 is 1.60 bits per heavy atom. The van der Waals surface area contributed by atoms with Crippen LogP contribution in [0.15, 0.2) is 18.2 Å². The molecule has 0 aliphatic heterocycles. The van der Waals surface area contributed by atoms with Crippen molar-refractivity contribution in [3.63, 3.8) is 0 Å². The first-order valence-electron chi connectivity index (χ1n) is 4.62. The molecule has 82 valence electrons. The summed E-state index contributed by atoms with van der Waals surface area (Å²) in [6.07, 6.45) is -0.611. The molecule has 0 bridgehead atoms. The SMILES string of the molecule is CC(=O)c1ccc(OCC(C)O)cc1F. The first kappa shape index (κ1) is 11.7. The summed E-state index contributed by atoms with van der Waals surface area (Å²) in [6.45, 7) is 2.97. The second kappa shape index (κ2) is 4.89. The van der Waals surface area contributed by atoms with Gasteiger partial charge in [-0.1, -0.05) is 0 Å². The van der Waals surface area contributed by atoms with Gasteiger partial charge in [0.25, 0.3) is 0 Å². The first-order chi connectivity index (χ1) is 7.00. The predicted molar refractivity (Wildman–Crippen MR) is 53.6 cm³/mol. The Kier molecular flexibility index (Phi) is 3.80. The van der Waals surface area contributed by atoms with E-state index in [1.54, 1.807) is 6.92 Å². The molecule has 3 nitrogen and oxygen atoms in total. The van der Waals surface area contributed by atoms with Crippen molar-refractivity contribution < 1.29 is 19.0 Å². The molecule has 15 heavy (non-hydrogen) atoms. The quantitative estimate of drug-likeness (QED) is 0.774. The number of carbonyl (C=O) groups is 1. The summed E-state index contributed by atoms with van der Waals surface area (Å²) in [5, 5.41) is 8.95. The molecule has 0 saturated carbocycles. The van der Waals surface area contributed by atoms with Gasteiger partial charge in [0.05, 0.1) is 11.7 Å². The van der Waals surface area contributed by atoms with Crippen molar-refractivity contribution in [1.82, 2.24) is 0 Å². The Labute approximate surface area is 87.5 Å². The van der Waals surface area contributed by atoms with Crippen molar-refractivity contribution in [2.75, 3.05) is 6.61 Å². The van der Waals surface area contributed by atoms with E-state index >= 15 is 0 Å². The molecular weight excluding hydrogens is 199 g/mol. The number of ketones is 1. The highest BCUT2D eigenvalue weighted by Gasteiger charge is 2.08. The van der Waals surface area contributed by atoms with Gasteiger partial charge >= 0.3 is 0 Å². The molecule has 0 amide bonds. The number of benzene rings is 1. The Morgan fingerprint density at radius 2 is 2.27 bits per heavy atom. The minimum atomic E-state index is -0.611. The second-order valence-electron chi connectivity index (χ2n) is 3.36. The van der Waals surface area contributed by atoms with Crippen molar-refractivity contribution >= 4 is 5.78 Å². The standard InChI is InChI=1S/C11H13FO3/c1-7(13)6-15-9-3-4-10(8(2)14)11(12)5-9/h3-5,7,13H,6H2,1-2H3. The molecule has 1 aromatic carbocycles. The number of Topliss-reactive ketones (excluding diaryl/α,β-unsaturated/α-hetero) is 1. The zero-order valence-electron chi connectivity index (χ0n) is 8.66. The highest BCUT2D eigenvalue weighted by molar-refractivity contribution is 5.94. The van der Waals surface area contributed by atoms with Crippen LogP contribution in [-0.4, -0.2) is 23.6 Å². The lowest BCUT2D eigenvalue weighted by molar-refractivity contribution is 0.101. The summed E-state index contributed by atoms with van der Waals surface area (Å²) in [5.74, 6) is -0.626. The van der Waals surface area contributed by atoms with Crippen LogP contribution < -0.4 is 4.74 Å². The number of carbonyl (C=O) groups excluding carboxylic acids is 1. The summed E-state index contributed by atoms with van der Waals surface area (Å²) in [5.41, 5.74) is 0.0411. The molecule has 0 radical (unpaired) electrons. The van der Waals surface area contributed by atoms with Gasteiger partial charge in [-0.05, 0) is 26.0 Å². The molecule has 1 unspecified atom stereocenters. The maximum atomic E-state index is 13.3. The lowest BCUT2D eigenvalue weighted by Crippen LogP contribution is -2.13. The second-order valence-corrected chi connectivity index (χ2v) is 3.36. The third kappa shape index (κ3) is 3.32. The highest BCUT2D eigenvalue weighted by Crippen LogP contribution is 2.17. The van der Waals surface area contributed by atoms with Gasteiger partial charge in [0.15, 0.2) is 5.78 Å². The predicted octanol–water partition coefficient (Wildman–Crippen LogP) is 1.79. The molecule has 4 heteroatoms. The fraction of sp³-hybridized carbons (Fsp3) is 0.364. The van der Waals surface area contributed by atoms with Crippen molar-refractivity contribution in [2.24, 2.45) is 0 Å². The van der Waals surface area contributed by atoms with E-state index in [1.165, 1.54) is 19.1 Å². The normalized spacial score (nSPS) is 12.3. The molecule has 0 fully saturated rings. The monoisotopic (exact) mass is 212 g/mol. The molecule has 0 saturated heterocycles. The van der Waals surface area contributed by atoms with Gasteiger partial charge in [-0.15, -0.1) is 0 Å². The van der Waals surface area contributed by atoms with Crippen molar-refractivity contribution in [2.45, 2.75) is 20.0 Å². The minimum Gasteiger partial charge on any atom is -0.491 e. The molecule has 1 rings (SSSR count). The van der Waals surface area contributed by atoms with Crippen LogP contribution in [0.5, 0.6) is 5.75 Å². The summed E-state index contributed by atoms with van der Waals surface area (Å²) < 4.78 is 18.3. The third-order valence-electron chi connectivity index (χ3n) is 1.81. The van der Waals surface area contributed by atoms with Crippen LogP contribution in [0, 0.1) is 5.82 Å². The maximum absolute atomic E-state index is 13.3. The molecule has 1 N–H and O–H groups in total. The number of aliphatic hydroxyl groups is 1. The lowest BCUT2D eigenvalue weighted by atomic mass is 10.1. The van der Waals surface area contributed by atoms with Crippen molar-refractivity contribution in [1.29, 1.82) is 0 Å². The van der Waals surface area contributed by atoms with Crippen LogP contribution in [0.25, 0.3) is 0 Å². The minimum absolute atomic E-state index is 0.0411. The Morgan fingerprint density at radius 3 is 2.73 bits per heavy atom. The van der Waals surface area contributed by atoms with Gasteiger partial charge in [-0.3, -0.25) is 4.79 Å². The van der Waals surface area contributed by atoms with Gasteiger partial charge in [0.2, 0.25) is 0 Å². The molecule has 0 aromatic heterocycles. The Hall–Kier alpha value is -1.42. The Balaban J connectivity index is 2.78. The van der Waals surface area contributed by atoms with Crippen LogP contribution in [0.3, 0.4) is 0 Å². The van der Waals surface area contributed by atoms with E-state index in [9.17, 15) is 9.18 Å². The zero-order chi connectivity index (χ0) is 11.4. The van der Waals surface area contributed by atoms with E-state index in [2.05, 4.69) is 0 Å². The molecule has 1 atom stereocenters. The zero-order valence-corrected chi connectivity index (χ0v) is 8.66. The van der Waals surface area contributed by atoms with Crippen LogP contribution in [0.1, 0.15) is 24.2 Å². The van der Waals surface area contributed by atoms with Gasteiger partial charge in [-0.2, -0.15) is 0 Å². The average Bonchev–Trinajstić information content (AvgIpc) is 2.14. The molecule has 0 heterocycles. The maximum Gasteiger partial charge on any atom is 0.162 e. The van der Waals surface area contributed by atoms with Crippen LogP contribution in [0.2, 0.25) is 0 Å². The molecule has 0 spiro atoms. The number of aliphatic hydroxyl groups excluding tert-OH is 1. The first-order valence-corrected chi connectivity index (χ1v) is 4.62. The number of ether oxygens (including phenoxy) is 1. The van der Waals surface area contributed by atoms with E-state index in [4.69, 9.17) is 9.84 Å². The summed E-state index contributed by atoms with van der Waals surface area (Å²) in [7, 11) is 0.